The molecule has 2 heterocycles. The first-order valence-corrected chi connectivity index (χ1v) is 15.9. The third-order valence-corrected chi connectivity index (χ3v) is 9.01. The third-order valence-electron chi connectivity index (χ3n) is 9.01. The maximum atomic E-state index is 5.20. The normalized spacial score (nSPS) is 11.4. The average molecular weight is 600 g/mol. The topological polar surface area (TPSA) is 30.7 Å². The molecule has 3 heteroatoms. The number of hydrogen-bond donors (Lipinski definition) is 0. The Labute approximate surface area is 273 Å². The number of rotatable bonds is 5. The van der Waals surface area contributed by atoms with Crippen LogP contribution in [0.15, 0.2) is 176 Å². The lowest BCUT2D eigenvalue weighted by Gasteiger charge is -2.12. The molecule has 0 radical (unpaired) electrons. The first kappa shape index (κ1) is 27.0. The van der Waals surface area contributed by atoms with E-state index in [0.29, 0.717) is 0 Å². The fraction of sp³-hybridized carbons (Fsp3) is 0. The van der Waals surface area contributed by atoms with E-state index in [0.717, 1.165) is 50.4 Å². The van der Waals surface area contributed by atoms with Gasteiger partial charge in [-0.1, -0.05) is 140 Å². The summed E-state index contributed by atoms with van der Waals surface area (Å²) < 4.78 is 2.37. The molecule has 2 aromatic heterocycles. The average Bonchev–Trinajstić information content (AvgIpc) is 3.49. The van der Waals surface area contributed by atoms with Crippen molar-refractivity contribution in [1.82, 2.24) is 14.5 Å². The molecule has 0 unspecified atom stereocenters. The van der Waals surface area contributed by atoms with E-state index < -0.39 is 0 Å². The van der Waals surface area contributed by atoms with E-state index in [4.69, 9.17) is 9.97 Å². The van der Waals surface area contributed by atoms with E-state index in [-0.39, 0.29) is 0 Å². The molecule has 0 saturated carbocycles. The molecular formula is C44H29N3. The number of para-hydroxylation sites is 2. The largest absolute Gasteiger partial charge is 0.309 e. The van der Waals surface area contributed by atoms with Crippen molar-refractivity contribution in [2.45, 2.75) is 0 Å². The monoisotopic (exact) mass is 599 g/mol. The molecule has 47 heavy (non-hydrogen) atoms. The fourth-order valence-electron chi connectivity index (χ4n) is 6.70. The second kappa shape index (κ2) is 11.2. The van der Waals surface area contributed by atoms with Crippen molar-refractivity contribution in [3.05, 3.63) is 176 Å². The van der Waals surface area contributed by atoms with Gasteiger partial charge in [-0.3, -0.25) is 0 Å². The lowest BCUT2D eigenvalue weighted by Crippen LogP contribution is -1.96. The Bertz CT molecular complexity index is 2530. The van der Waals surface area contributed by atoms with Crippen LogP contribution in [0.5, 0.6) is 0 Å². The summed E-state index contributed by atoms with van der Waals surface area (Å²) in [7, 11) is 0. The minimum absolute atomic E-state index is 0.724. The van der Waals surface area contributed by atoms with Gasteiger partial charge in [-0.25, -0.2) is 9.97 Å². The Balaban J connectivity index is 1.23. The summed E-state index contributed by atoms with van der Waals surface area (Å²) >= 11 is 0. The molecule has 0 bridgehead atoms. The van der Waals surface area contributed by atoms with Crippen molar-refractivity contribution in [2.24, 2.45) is 0 Å². The van der Waals surface area contributed by atoms with Gasteiger partial charge in [-0.2, -0.15) is 0 Å². The molecule has 0 fully saturated rings. The Kier molecular flexibility index (Phi) is 6.46. The summed E-state index contributed by atoms with van der Waals surface area (Å²) in [6.45, 7) is 0. The van der Waals surface area contributed by atoms with Gasteiger partial charge in [0.15, 0.2) is 5.82 Å². The van der Waals surface area contributed by atoms with Gasteiger partial charge in [0.2, 0.25) is 0 Å². The summed E-state index contributed by atoms with van der Waals surface area (Å²) in [5.41, 5.74) is 12.1. The summed E-state index contributed by atoms with van der Waals surface area (Å²) in [5.74, 6) is 0.724. The molecule has 0 atom stereocenters. The second-order valence-corrected chi connectivity index (χ2v) is 11.9. The molecule has 0 spiro atoms. The number of benzene rings is 7. The van der Waals surface area contributed by atoms with Crippen molar-refractivity contribution in [2.75, 3.05) is 0 Å². The highest BCUT2D eigenvalue weighted by molar-refractivity contribution is 6.10. The summed E-state index contributed by atoms with van der Waals surface area (Å²) in [6, 6.07) is 62.1. The van der Waals surface area contributed by atoms with Gasteiger partial charge in [0, 0.05) is 33.0 Å². The van der Waals surface area contributed by atoms with E-state index in [1.54, 1.807) is 0 Å². The van der Waals surface area contributed by atoms with Gasteiger partial charge in [0.05, 0.1) is 22.2 Å². The number of hydrogen-bond acceptors (Lipinski definition) is 2. The third kappa shape index (κ3) is 4.77. The van der Waals surface area contributed by atoms with Crippen LogP contribution in [-0.2, 0) is 0 Å². The highest BCUT2D eigenvalue weighted by Crippen LogP contribution is 2.37. The molecule has 0 aliphatic heterocycles. The van der Waals surface area contributed by atoms with Crippen molar-refractivity contribution in [3.63, 3.8) is 0 Å². The number of fused-ring (bicyclic) bond motifs is 4. The van der Waals surface area contributed by atoms with Crippen LogP contribution in [0.3, 0.4) is 0 Å². The predicted molar refractivity (Wildman–Crippen MR) is 196 cm³/mol. The zero-order chi connectivity index (χ0) is 31.2. The minimum Gasteiger partial charge on any atom is -0.309 e. The summed E-state index contributed by atoms with van der Waals surface area (Å²) in [4.78, 5) is 10.2. The highest BCUT2D eigenvalue weighted by atomic mass is 15.0. The highest BCUT2D eigenvalue weighted by Gasteiger charge is 2.16. The van der Waals surface area contributed by atoms with Gasteiger partial charge in [-0.15, -0.1) is 0 Å². The molecule has 0 saturated heterocycles. The van der Waals surface area contributed by atoms with Gasteiger partial charge in [0.25, 0.3) is 0 Å². The standard InChI is InChI=1S/C44H29N3/c1-4-12-30(13-5-1)31-20-22-32(23-21-31)43-39-28-34(25-27-40(39)45-44(46-43)33-14-6-2-7-15-33)35-24-26-38-37-18-10-11-19-41(37)47(42(38)29-35)36-16-8-3-9-17-36/h1-29H. The van der Waals surface area contributed by atoms with E-state index in [9.17, 15) is 0 Å². The van der Waals surface area contributed by atoms with Crippen LogP contribution in [0.1, 0.15) is 0 Å². The predicted octanol–water partition coefficient (Wildman–Crippen LogP) is 11.4. The molecule has 9 aromatic rings. The first-order chi connectivity index (χ1) is 23.3. The quantitative estimate of drug-likeness (QED) is 0.197. The molecule has 9 rings (SSSR count). The van der Waals surface area contributed by atoms with Crippen LogP contribution in [-0.4, -0.2) is 14.5 Å². The minimum atomic E-state index is 0.724. The maximum Gasteiger partial charge on any atom is 0.160 e. The van der Waals surface area contributed by atoms with E-state index in [2.05, 4.69) is 156 Å². The van der Waals surface area contributed by atoms with Crippen molar-refractivity contribution < 1.29 is 0 Å². The Morgan fingerprint density at radius 2 is 0.894 bits per heavy atom. The Morgan fingerprint density at radius 1 is 0.340 bits per heavy atom. The lowest BCUT2D eigenvalue weighted by atomic mass is 9.97. The van der Waals surface area contributed by atoms with Crippen molar-refractivity contribution in [3.8, 4) is 50.6 Å². The molecule has 0 aliphatic rings. The first-order valence-electron chi connectivity index (χ1n) is 15.9. The van der Waals surface area contributed by atoms with Crippen LogP contribution < -0.4 is 0 Å². The van der Waals surface area contributed by atoms with E-state index in [1.165, 1.54) is 32.9 Å². The SMILES string of the molecule is c1ccc(-c2ccc(-c3nc(-c4ccccc4)nc4ccc(-c5ccc6c7ccccc7n(-c7ccccc7)c6c5)cc34)cc2)cc1. The van der Waals surface area contributed by atoms with Gasteiger partial charge >= 0.3 is 0 Å². The van der Waals surface area contributed by atoms with Crippen molar-refractivity contribution in [1.29, 1.82) is 0 Å². The van der Waals surface area contributed by atoms with Gasteiger partial charge in [-0.05, 0) is 58.7 Å². The molecule has 0 N–H and O–H groups in total. The van der Waals surface area contributed by atoms with Gasteiger partial charge in [0.1, 0.15) is 0 Å². The number of aromatic nitrogens is 3. The van der Waals surface area contributed by atoms with Gasteiger partial charge < -0.3 is 4.57 Å². The Morgan fingerprint density at radius 3 is 1.66 bits per heavy atom. The molecule has 220 valence electrons. The summed E-state index contributed by atoms with van der Waals surface area (Å²) in [5, 5.41) is 3.52. The molecule has 7 aromatic carbocycles. The van der Waals surface area contributed by atoms with E-state index in [1.807, 2.05) is 24.3 Å². The van der Waals surface area contributed by atoms with Crippen LogP contribution in [0.4, 0.5) is 0 Å². The van der Waals surface area contributed by atoms with Crippen LogP contribution in [0, 0.1) is 0 Å². The maximum absolute atomic E-state index is 5.20. The Hall–Kier alpha value is -6.32. The van der Waals surface area contributed by atoms with Crippen LogP contribution >= 0.6 is 0 Å². The number of nitrogens with zero attached hydrogens (tertiary/aromatic N) is 3. The fourth-order valence-corrected chi connectivity index (χ4v) is 6.70. The molecule has 3 nitrogen and oxygen atoms in total. The van der Waals surface area contributed by atoms with Crippen LogP contribution in [0.2, 0.25) is 0 Å². The summed E-state index contributed by atoms with van der Waals surface area (Å²) in [6.07, 6.45) is 0. The van der Waals surface area contributed by atoms with Crippen molar-refractivity contribution >= 4 is 32.7 Å². The van der Waals surface area contributed by atoms with E-state index >= 15 is 0 Å². The molecule has 0 amide bonds. The smallest absolute Gasteiger partial charge is 0.160 e. The molecule has 0 aliphatic carbocycles. The lowest BCUT2D eigenvalue weighted by molar-refractivity contribution is 1.18. The van der Waals surface area contributed by atoms with Crippen LogP contribution in [0.25, 0.3) is 83.3 Å². The zero-order valence-corrected chi connectivity index (χ0v) is 25.6. The zero-order valence-electron chi connectivity index (χ0n) is 25.6. The molecular weight excluding hydrogens is 571 g/mol. The second-order valence-electron chi connectivity index (χ2n) is 11.9.